The highest BCUT2D eigenvalue weighted by molar-refractivity contribution is 5.97. The zero-order valence-electron chi connectivity index (χ0n) is 13.2. The molecule has 1 fully saturated rings. The van der Waals surface area contributed by atoms with Crippen LogP contribution in [0.5, 0.6) is 0 Å². The number of fused-ring (bicyclic) bond motifs is 3. The molecular formula is C16H18N2O5. The predicted octanol–water partition coefficient (Wildman–Crippen LogP) is 1.48. The minimum atomic E-state index is -0.766. The number of nitrogens with zero attached hydrogens (tertiary/aromatic N) is 2. The fraction of sp³-hybridized carbons (Fsp3) is 0.438. The Morgan fingerprint density at radius 1 is 1.13 bits per heavy atom. The quantitative estimate of drug-likeness (QED) is 0.733. The number of anilines is 1. The van der Waals surface area contributed by atoms with Crippen LogP contribution < -0.4 is 4.90 Å². The van der Waals surface area contributed by atoms with E-state index in [4.69, 9.17) is 9.47 Å². The first-order valence-corrected chi connectivity index (χ1v) is 7.34. The summed E-state index contributed by atoms with van der Waals surface area (Å²) in [6, 6.07) is 6.73. The second kappa shape index (κ2) is 5.57. The number of hydrogen-bond acceptors (Lipinski definition) is 5. The van der Waals surface area contributed by atoms with Crippen molar-refractivity contribution in [2.24, 2.45) is 0 Å². The van der Waals surface area contributed by atoms with Crippen molar-refractivity contribution in [3.05, 3.63) is 29.8 Å². The summed E-state index contributed by atoms with van der Waals surface area (Å²) in [4.78, 5) is 39.4. The number of methoxy groups -OCH3 is 2. The van der Waals surface area contributed by atoms with Crippen LogP contribution in [0.2, 0.25) is 0 Å². The molecule has 0 spiro atoms. The minimum absolute atomic E-state index is 0.140. The highest BCUT2D eigenvalue weighted by Crippen LogP contribution is 2.50. The summed E-state index contributed by atoms with van der Waals surface area (Å²) in [5, 5.41) is 0. The summed E-state index contributed by atoms with van der Waals surface area (Å²) in [5.41, 5.74) is 1.72. The summed E-state index contributed by atoms with van der Waals surface area (Å²) >= 11 is 0. The molecule has 2 aliphatic rings. The molecule has 23 heavy (non-hydrogen) atoms. The highest BCUT2D eigenvalue weighted by Gasteiger charge is 2.56. The maximum Gasteiger partial charge on any atom is 0.411 e. The Hall–Kier alpha value is -2.57. The summed E-state index contributed by atoms with van der Waals surface area (Å²) in [5.74, 6) is -0.839. The molecule has 3 rings (SSSR count). The van der Waals surface area contributed by atoms with Crippen molar-refractivity contribution in [3.63, 3.8) is 0 Å². The summed E-state index contributed by atoms with van der Waals surface area (Å²) in [6.07, 6.45) is -0.818. The first kappa shape index (κ1) is 15.3. The van der Waals surface area contributed by atoms with E-state index in [0.717, 1.165) is 11.3 Å². The van der Waals surface area contributed by atoms with Gasteiger partial charge in [0.1, 0.15) is 12.2 Å². The van der Waals surface area contributed by atoms with E-state index in [9.17, 15) is 14.4 Å². The summed E-state index contributed by atoms with van der Waals surface area (Å²) in [7, 11) is 2.53. The lowest BCUT2D eigenvalue weighted by atomic mass is 9.96. The largest absolute Gasteiger partial charge is 0.467 e. The number of esters is 1. The molecule has 1 aromatic rings. The molecule has 122 valence electrons. The third-order valence-corrected chi connectivity index (χ3v) is 4.52. The van der Waals surface area contributed by atoms with Crippen LogP contribution in [0.4, 0.5) is 10.5 Å². The van der Waals surface area contributed by atoms with Gasteiger partial charge >= 0.3 is 12.1 Å². The number of para-hydroxylation sites is 1. The van der Waals surface area contributed by atoms with E-state index in [1.54, 1.807) is 4.90 Å². The van der Waals surface area contributed by atoms with E-state index in [1.807, 2.05) is 24.3 Å². The van der Waals surface area contributed by atoms with Crippen molar-refractivity contribution in [2.45, 2.75) is 31.5 Å². The van der Waals surface area contributed by atoms with Crippen molar-refractivity contribution in [2.75, 3.05) is 19.1 Å². The number of carbonyl (C=O) groups is 3. The molecule has 0 bridgehead atoms. The molecule has 1 saturated heterocycles. The van der Waals surface area contributed by atoms with Crippen molar-refractivity contribution in [1.29, 1.82) is 0 Å². The highest BCUT2D eigenvalue weighted by atomic mass is 16.5. The standard InChI is InChI=1S/C16H18N2O5/c1-9(19)17-12-7-5-4-6-10(12)11-8-13(15(20)22-2)18(14(11)17)16(21)23-3/h4-7,11,13-14H,8H2,1-3H3. The van der Waals surface area contributed by atoms with Crippen LogP contribution in [0.25, 0.3) is 0 Å². The molecular weight excluding hydrogens is 300 g/mol. The molecule has 0 saturated carbocycles. The Morgan fingerprint density at radius 3 is 2.43 bits per heavy atom. The van der Waals surface area contributed by atoms with Gasteiger partial charge in [-0.2, -0.15) is 0 Å². The number of hydrogen-bond donors (Lipinski definition) is 0. The van der Waals surface area contributed by atoms with E-state index < -0.39 is 24.3 Å². The third-order valence-electron chi connectivity index (χ3n) is 4.52. The van der Waals surface area contributed by atoms with Gasteiger partial charge in [-0.25, -0.2) is 9.59 Å². The number of carbonyl (C=O) groups excluding carboxylic acids is 3. The third kappa shape index (κ3) is 2.15. The number of rotatable bonds is 1. The van der Waals surface area contributed by atoms with E-state index in [1.165, 1.54) is 26.0 Å². The molecule has 0 radical (unpaired) electrons. The topological polar surface area (TPSA) is 76.2 Å². The monoisotopic (exact) mass is 318 g/mol. The fourth-order valence-corrected chi connectivity index (χ4v) is 3.65. The van der Waals surface area contributed by atoms with Crippen molar-refractivity contribution < 1.29 is 23.9 Å². The Labute approximate surface area is 133 Å². The summed E-state index contributed by atoms with van der Waals surface area (Å²) < 4.78 is 9.65. The van der Waals surface area contributed by atoms with Crippen LogP contribution in [0.3, 0.4) is 0 Å². The number of amides is 2. The molecule has 1 aromatic carbocycles. The second-order valence-corrected chi connectivity index (χ2v) is 5.62. The van der Waals surface area contributed by atoms with E-state index in [2.05, 4.69) is 0 Å². The molecule has 7 nitrogen and oxygen atoms in total. The molecule has 3 unspecified atom stereocenters. The van der Waals surface area contributed by atoms with Gasteiger partial charge in [-0.15, -0.1) is 0 Å². The molecule has 3 atom stereocenters. The lowest BCUT2D eigenvalue weighted by Gasteiger charge is -2.33. The number of benzene rings is 1. The Balaban J connectivity index is 2.10. The molecule has 0 aromatic heterocycles. The smallest absolute Gasteiger partial charge is 0.411 e. The Bertz CT molecular complexity index is 674. The van der Waals surface area contributed by atoms with Gasteiger partial charge in [-0.3, -0.25) is 14.6 Å². The lowest BCUT2D eigenvalue weighted by Crippen LogP contribution is -2.53. The van der Waals surface area contributed by atoms with Crippen LogP contribution in [0.15, 0.2) is 24.3 Å². The number of likely N-dealkylation sites (tertiary alicyclic amines) is 1. The van der Waals surface area contributed by atoms with Crippen molar-refractivity contribution in [3.8, 4) is 0 Å². The Morgan fingerprint density at radius 2 is 1.83 bits per heavy atom. The van der Waals surface area contributed by atoms with Gasteiger partial charge in [-0.05, 0) is 18.1 Å². The zero-order valence-corrected chi connectivity index (χ0v) is 13.2. The maximum atomic E-state index is 12.3. The van der Waals surface area contributed by atoms with Gasteiger partial charge in [0, 0.05) is 18.5 Å². The van der Waals surface area contributed by atoms with Gasteiger partial charge in [-0.1, -0.05) is 18.2 Å². The van der Waals surface area contributed by atoms with Gasteiger partial charge < -0.3 is 9.47 Å². The molecule has 0 aliphatic carbocycles. The fourth-order valence-electron chi connectivity index (χ4n) is 3.65. The SMILES string of the molecule is COC(=O)C1CC2c3ccccc3N(C(C)=O)C2N1C(=O)OC. The van der Waals surface area contributed by atoms with Crippen molar-refractivity contribution in [1.82, 2.24) is 4.90 Å². The molecule has 2 aliphatic heterocycles. The normalized spacial score (nSPS) is 24.9. The van der Waals surface area contributed by atoms with Gasteiger partial charge in [0.2, 0.25) is 5.91 Å². The zero-order chi connectivity index (χ0) is 16.7. The average Bonchev–Trinajstić information content (AvgIpc) is 3.07. The van der Waals surface area contributed by atoms with E-state index in [-0.39, 0.29) is 11.8 Å². The molecule has 7 heteroatoms. The molecule has 2 amide bonds. The van der Waals surface area contributed by atoms with Gasteiger partial charge in [0.15, 0.2) is 0 Å². The lowest BCUT2D eigenvalue weighted by molar-refractivity contribution is -0.146. The first-order chi connectivity index (χ1) is 11.0. The van der Waals surface area contributed by atoms with Gasteiger partial charge in [0.25, 0.3) is 0 Å². The second-order valence-electron chi connectivity index (χ2n) is 5.62. The molecule has 2 heterocycles. The average molecular weight is 318 g/mol. The molecule has 0 N–H and O–H groups in total. The minimum Gasteiger partial charge on any atom is -0.467 e. The van der Waals surface area contributed by atoms with Crippen LogP contribution in [-0.4, -0.2) is 49.3 Å². The van der Waals surface area contributed by atoms with Crippen LogP contribution in [0, 0.1) is 0 Å². The van der Waals surface area contributed by atoms with Crippen molar-refractivity contribution >= 4 is 23.7 Å². The first-order valence-electron chi connectivity index (χ1n) is 7.34. The van der Waals surface area contributed by atoms with E-state index in [0.29, 0.717) is 6.42 Å². The maximum absolute atomic E-state index is 12.3. The van der Waals surface area contributed by atoms with Crippen LogP contribution in [-0.2, 0) is 19.1 Å². The summed E-state index contributed by atoms with van der Waals surface area (Å²) in [6.45, 7) is 1.44. The Kier molecular flexibility index (Phi) is 3.71. The van der Waals surface area contributed by atoms with Gasteiger partial charge in [0.05, 0.1) is 14.2 Å². The van der Waals surface area contributed by atoms with Crippen LogP contribution >= 0.6 is 0 Å². The predicted molar refractivity (Wildman–Crippen MR) is 80.8 cm³/mol. The number of ether oxygens (including phenoxy) is 2. The van der Waals surface area contributed by atoms with Crippen LogP contribution in [0.1, 0.15) is 24.8 Å². The van der Waals surface area contributed by atoms with E-state index >= 15 is 0 Å².